The Morgan fingerprint density at radius 1 is 0.880 bits per heavy atom. The van der Waals surface area contributed by atoms with E-state index in [-0.39, 0.29) is 0 Å². The zero-order valence-corrected chi connectivity index (χ0v) is 14.5. The van der Waals surface area contributed by atoms with Crippen LogP contribution >= 0.6 is 0 Å². The second kappa shape index (κ2) is 7.66. The molecule has 0 fully saturated rings. The summed E-state index contributed by atoms with van der Waals surface area (Å²) < 4.78 is 16.2. The second-order valence-corrected chi connectivity index (χ2v) is 5.29. The average Bonchev–Trinajstić information content (AvgIpc) is 2.68. The fourth-order valence-corrected chi connectivity index (χ4v) is 2.52. The van der Waals surface area contributed by atoms with Gasteiger partial charge in [-0.2, -0.15) is 0 Å². The summed E-state index contributed by atoms with van der Waals surface area (Å²) in [6.07, 6.45) is 1.75. The quantitative estimate of drug-likeness (QED) is 0.674. The van der Waals surface area contributed by atoms with Gasteiger partial charge in [0.15, 0.2) is 5.82 Å². The molecule has 0 saturated heterocycles. The Bertz CT molecular complexity index is 848. The number of rotatable bonds is 6. The van der Waals surface area contributed by atoms with Crippen LogP contribution in [0.1, 0.15) is 6.92 Å². The number of aromatic nitrogens is 2. The topological polar surface area (TPSA) is 53.5 Å². The number of hydrogen-bond acceptors (Lipinski definition) is 5. The van der Waals surface area contributed by atoms with Crippen molar-refractivity contribution in [2.24, 2.45) is 0 Å². The highest BCUT2D eigenvalue weighted by Gasteiger charge is 2.11. The van der Waals surface area contributed by atoms with Crippen molar-refractivity contribution in [1.29, 1.82) is 0 Å². The van der Waals surface area contributed by atoms with Crippen molar-refractivity contribution < 1.29 is 14.2 Å². The standard InChI is InChI=1S/C20H20N2O3/c1-4-25-15-7-5-14(6-8-15)20-21-12-11-18(22-20)17-10-9-16(23-2)13-19(17)24-3/h5-13H,4H2,1-3H3. The molecule has 0 aliphatic carbocycles. The van der Waals surface area contributed by atoms with Gasteiger partial charge < -0.3 is 14.2 Å². The Labute approximate surface area is 147 Å². The first-order valence-corrected chi connectivity index (χ1v) is 8.04. The van der Waals surface area contributed by atoms with Crippen molar-refractivity contribution in [2.45, 2.75) is 6.92 Å². The molecule has 0 atom stereocenters. The average molecular weight is 336 g/mol. The van der Waals surface area contributed by atoms with Crippen LogP contribution < -0.4 is 14.2 Å². The Kier molecular flexibility index (Phi) is 5.14. The molecule has 1 heterocycles. The van der Waals surface area contributed by atoms with E-state index in [0.717, 1.165) is 28.3 Å². The molecule has 0 unspecified atom stereocenters. The molecule has 0 bridgehead atoms. The molecule has 0 aliphatic heterocycles. The molecule has 25 heavy (non-hydrogen) atoms. The summed E-state index contributed by atoms with van der Waals surface area (Å²) in [7, 11) is 3.26. The molecule has 5 heteroatoms. The highest BCUT2D eigenvalue weighted by molar-refractivity contribution is 5.70. The predicted octanol–water partition coefficient (Wildman–Crippen LogP) is 4.23. The van der Waals surface area contributed by atoms with E-state index in [9.17, 15) is 0 Å². The van der Waals surface area contributed by atoms with E-state index in [0.29, 0.717) is 18.2 Å². The molecule has 0 radical (unpaired) electrons. The van der Waals surface area contributed by atoms with Gasteiger partial charge in [-0.05, 0) is 49.4 Å². The lowest BCUT2D eigenvalue weighted by atomic mass is 10.1. The van der Waals surface area contributed by atoms with Gasteiger partial charge in [-0.15, -0.1) is 0 Å². The maximum absolute atomic E-state index is 5.47. The van der Waals surface area contributed by atoms with E-state index in [4.69, 9.17) is 14.2 Å². The van der Waals surface area contributed by atoms with E-state index < -0.39 is 0 Å². The van der Waals surface area contributed by atoms with Crippen molar-refractivity contribution in [3.05, 3.63) is 54.7 Å². The molecule has 1 aromatic heterocycles. The molecule has 128 valence electrons. The Morgan fingerprint density at radius 3 is 2.32 bits per heavy atom. The third-order valence-corrected chi connectivity index (χ3v) is 3.76. The largest absolute Gasteiger partial charge is 0.497 e. The fourth-order valence-electron chi connectivity index (χ4n) is 2.52. The van der Waals surface area contributed by atoms with E-state index in [2.05, 4.69) is 9.97 Å². The third kappa shape index (κ3) is 3.71. The minimum Gasteiger partial charge on any atom is -0.497 e. The zero-order valence-electron chi connectivity index (χ0n) is 14.5. The van der Waals surface area contributed by atoms with Crippen LogP contribution in [-0.2, 0) is 0 Å². The first-order valence-electron chi connectivity index (χ1n) is 8.04. The lowest BCUT2D eigenvalue weighted by Crippen LogP contribution is -1.95. The van der Waals surface area contributed by atoms with Gasteiger partial charge in [-0.1, -0.05) is 0 Å². The summed E-state index contributed by atoms with van der Waals surface area (Å²) in [4.78, 5) is 9.06. The number of nitrogens with zero attached hydrogens (tertiary/aromatic N) is 2. The van der Waals surface area contributed by atoms with Crippen LogP contribution in [0.15, 0.2) is 54.7 Å². The highest BCUT2D eigenvalue weighted by atomic mass is 16.5. The minimum absolute atomic E-state index is 0.641. The molecule has 0 spiro atoms. The van der Waals surface area contributed by atoms with Gasteiger partial charge in [0.1, 0.15) is 17.2 Å². The molecule has 2 aromatic carbocycles. The van der Waals surface area contributed by atoms with Crippen LogP contribution in [-0.4, -0.2) is 30.8 Å². The Balaban J connectivity index is 1.96. The SMILES string of the molecule is CCOc1ccc(-c2nccc(-c3ccc(OC)cc3OC)n2)cc1. The van der Waals surface area contributed by atoms with E-state index >= 15 is 0 Å². The van der Waals surface area contributed by atoms with Crippen molar-refractivity contribution in [3.8, 4) is 39.9 Å². The molecule has 3 aromatic rings. The van der Waals surface area contributed by atoms with Crippen molar-refractivity contribution in [3.63, 3.8) is 0 Å². The summed E-state index contributed by atoms with van der Waals surface area (Å²) in [6.45, 7) is 2.60. The Hall–Kier alpha value is -3.08. The number of methoxy groups -OCH3 is 2. The third-order valence-electron chi connectivity index (χ3n) is 3.76. The van der Waals surface area contributed by atoms with Gasteiger partial charge in [0.05, 0.1) is 26.5 Å². The summed E-state index contributed by atoms with van der Waals surface area (Å²) >= 11 is 0. The lowest BCUT2D eigenvalue weighted by molar-refractivity contribution is 0.340. The molecule has 0 aliphatic rings. The van der Waals surface area contributed by atoms with E-state index in [1.807, 2.05) is 55.5 Å². The molecule has 0 N–H and O–H groups in total. The second-order valence-electron chi connectivity index (χ2n) is 5.29. The van der Waals surface area contributed by atoms with Gasteiger partial charge in [-0.25, -0.2) is 9.97 Å². The van der Waals surface area contributed by atoms with Crippen LogP contribution in [0.3, 0.4) is 0 Å². The zero-order chi connectivity index (χ0) is 17.6. The van der Waals surface area contributed by atoms with Crippen LogP contribution in [0.2, 0.25) is 0 Å². The number of ether oxygens (including phenoxy) is 3. The van der Waals surface area contributed by atoms with Crippen LogP contribution in [0.25, 0.3) is 22.6 Å². The number of hydrogen-bond donors (Lipinski definition) is 0. The first kappa shape index (κ1) is 16.8. The van der Waals surface area contributed by atoms with Crippen molar-refractivity contribution in [2.75, 3.05) is 20.8 Å². The minimum atomic E-state index is 0.641. The molecule has 0 saturated carbocycles. The summed E-state index contributed by atoms with van der Waals surface area (Å²) in [5.41, 5.74) is 2.61. The lowest BCUT2D eigenvalue weighted by Gasteiger charge is -2.11. The predicted molar refractivity (Wildman–Crippen MR) is 97.2 cm³/mol. The maximum atomic E-state index is 5.47. The fraction of sp³-hybridized carbons (Fsp3) is 0.200. The van der Waals surface area contributed by atoms with Crippen LogP contribution in [0.4, 0.5) is 0 Å². The van der Waals surface area contributed by atoms with Crippen molar-refractivity contribution in [1.82, 2.24) is 9.97 Å². The van der Waals surface area contributed by atoms with Gasteiger partial charge in [0.2, 0.25) is 0 Å². The van der Waals surface area contributed by atoms with Gasteiger partial charge in [0, 0.05) is 23.4 Å². The summed E-state index contributed by atoms with van der Waals surface area (Å²) in [6, 6.07) is 15.3. The Morgan fingerprint density at radius 2 is 1.64 bits per heavy atom. The normalized spacial score (nSPS) is 10.4. The molecular formula is C20H20N2O3. The molecule has 5 nitrogen and oxygen atoms in total. The summed E-state index contributed by atoms with van der Waals surface area (Å²) in [5.74, 6) is 2.93. The van der Waals surface area contributed by atoms with Crippen LogP contribution in [0, 0.1) is 0 Å². The van der Waals surface area contributed by atoms with E-state index in [1.54, 1.807) is 20.4 Å². The molecular weight excluding hydrogens is 316 g/mol. The molecule has 3 rings (SSSR count). The van der Waals surface area contributed by atoms with E-state index in [1.165, 1.54) is 0 Å². The molecule has 0 amide bonds. The summed E-state index contributed by atoms with van der Waals surface area (Å²) in [5, 5.41) is 0. The number of benzene rings is 2. The van der Waals surface area contributed by atoms with Crippen LogP contribution in [0.5, 0.6) is 17.2 Å². The monoisotopic (exact) mass is 336 g/mol. The smallest absolute Gasteiger partial charge is 0.159 e. The highest BCUT2D eigenvalue weighted by Crippen LogP contribution is 2.32. The van der Waals surface area contributed by atoms with Gasteiger partial charge in [-0.3, -0.25) is 0 Å². The van der Waals surface area contributed by atoms with Crippen molar-refractivity contribution >= 4 is 0 Å². The van der Waals surface area contributed by atoms with Gasteiger partial charge >= 0.3 is 0 Å². The van der Waals surface area contributed by atoms with Gasteiger partial charge in [0.25, 0.3) is 0 Å². The maximum Gasteiger partial charge on any atom is 0.159 e. The first-order chi connectivity index (χ1) is 12.2.